The largest absolute Gasteiger partial charge is 0.305 e. The maximum absolute atomic E-state index is 12.7. The molecule has 1 fully saturated rings. The van der Waals surface area contributed by atoms with Crippen molar-refractivity contribution in [2.24, 2.45) is 0 Å². The van der Waals surface area contributed by atoms with E-state index in [1.54, 1.807) is 10.4 Å². The molecule has 0 saturated carbocycles. The summed E-state index contributed by atoms with van der Waals surface area (Å²) in [5.41, 5.74) is 0. The molecule has 1 unspecified atom stereocenters. The van der Waals surface area contributed by atoms with Crippen LogP contribution in [0.15, 0.2) is 16.3 Å². The molecule has 19 heavy (non-hydrogen) atoms. The Kier molecular flexibility index (Phi) is 4.66. The van der Waals surface area contributed by atoms with E-state index in [1.165, 1.54) is 11.3 Å². The van der Waals surface area contributed by atoms with E-state index in [4.69, 9.17) is 0 Å². The Hall–Kier alpha value is -0.430. The quantitative estimate of drug-likeness (QED) is 0.858. The molecule has 1 atom stereocenters. The van der Waals surface area contributed by atoms with Gasteiger partial charge in [-0.2, -0.15) is 4.31 Å². The monoisotopic (exact) mass is 302 g/mol. The smallest absolute Gasteiger partial charge is 0.252 e. The lowest BCUT2D eigenvalue weighted by Crippen LogP contribution is -2.41. The molecule has 0 aliphatic carbocycles. The van der Waals surface area contributed by atoms with Crippen molar-refractivity contribution in [3.63, 3.8) is 0 Å². The van der Waals surface area contributed by atoms with Crippen molar-refractivity contribution in [1.29, 1.82) is 0 Å². The first-order chi connectivity index (χ1) is 8.95. The Labute approximate surface area is 120 Å². The lowest BCUT2D eigenvalue weighted by molar-refractivity contribution is 0.291. The molecule has 2 heterocycles. The highest BCUT2D eigenvalue weighted by Crippen LogP contribution is 2.27. The minimum atomic E-state index is -3.32. The maximum Gasteiger partial charge on any atom is 0.252 e. The molecule has 4 nitrogen and oxygen atoms in total. The number of thiophene rings is 1. The second-order valence-electron chi connectivity index (χ2n) is 5.15. The van der Waals surface area contributed by atoms with E-state index in [0.29, 0.717) is 10.8 Å². The van der Waals surface area contributed by atoms with Crippen molar-refractivity contribution in [3.05, 3.63) is 17.0 Å². The molecule has 0 radical (unpaired) electrons. The Morgan fingerprint density at radius 3 is 2.74 bits per heavy atom. The first-order valence-corrected chi connectivity index (χ1v) is 9.00. The molecule has 1 aliphatic heterocycles. The Bertz CT molecular complexity index is 525. The second-order valence-corrected chi connectivity index (χ2v) is 8.44. The first-order valence-electron chi connectivity index (χ1n) is 6.74. The summed E-state index contributed by atoms with van der Waals surface area (Å²) in [5.74, 6) is 0. The van der Waals surface area contributed by atoms with Crippen molar-refractivity contribution in [1.82, 2.24) is 9.21 Å². The van der Waals surface area contributed by atoms with Gasteiger partial charge in [-0.3, -0.25) is 0 Å². The van der Waals surface area contributed by atoms with Gasteiger partial charge in [-0.15, -0.1) is 11.3 Å². The van der Waals surface area contributed by atoms with E-state index in [1.807, 2.05) is 27.0 Å². The Balaban J connectivity index is 2.27. The zero-order chi connectivity index (χ0) is 14.0. The zero-order valence-corrected chi connectivity index (χ0v) is 13.4. The van der Waals surface area contributed by atoms with Gasteiger partial charge in [-0.1, -0.05) is 6.92 Å². The topological polar surface area (TPSA) is 40.6 Å². The predicted octanol–water partition coefficient (Wildman–Crippen LogP) is 2.03. The standard InChI is InChI=1S/C13H22N2O2S2/c1-4-12-6-7-13(18-12)19(16,17)15-9-5-8-14(3)10-11(15)2/h6-7,11H,4-5,8-10H2,1-3H3. The SMILES string of the molecule is CCc1ccc(S(=O)(=O)N2CCCN(C)CC2C)s1. The fourth-order valence-corrected chi connectivity index (χ4v) is 5.60. The number of rotatable bonds is 3. The molecular weight excluding hydrogens is 280 g/mol. The predicted molar refractivity (Wildman–Crippen MR) is 79.2 cm³/mol. The molecule has 0 bridgehead atoms. The third kappa shape index (κ3) is 3.18. The molecule has 1 saturated heterocycles. The van der Waals surface area contributed by atoms with Crippen LogP contribution in [0.4, 0.5) is 0 Å². The average Bonchev–Trinajstić information content (AvgIpc) is 2.76. The van der Waals surface area contributed by atoms with Crippen molar-refractivity contribution in [2.75, 3.05) is 26.7 Å². The van der Waals surface area contributed by atoms with Crippen molar-refractivity contribution < 1.29 is 8.42 Å². The normalized spacial score (nSPS) is 23.4. The van der Waals surface area contributed by atoms with Gasteiger partial charge in [-0.05, 0) is 45.5 Å². The minimum Gasteiger partial charge on any atom is -0.305 e. The number of hydrogen-bond donors (Lipinski definition) is 0. The molecule has 0 spiro atoms. The van der Waals surface area contributed by atoms with E-state index in [-0.39, 0.29) is 6.04 Å². The summed E-state index contributed by atoms with van der Waals surface area (Å²) in [6, 6.07) is 3.71. The summed E-state index contributed by atoms with van der Waals surface area (Å²) in [7, 11) is -1.27. The lowest BCUT2D eigenvalue weighted by atomic mass is 10.3. The molecule has 6 heteroatoms. The van der Waals surface area contributed by atoms with Crippen LogP contribution in [-0.4, -0.2) is 50.3 Å². The van der Waals surface area contributed by atoms with Crippen LogP contribution in [0.5, 0.6) is 0 Å². The number of sulfonamides is 1. The van der Waals surface area contributed by atoms with Crippen molar-refractivity contribution >= 4 is 21.4 Å². The van der Waals surface area contributed by atoms with Gasteiger partial charge in [0.05, 0.1) is 0 Å². The van der Waals surface area contributed by atoms with Crippen LogP contribution in [0.2, 0.25) is 0 Å². The third-order valence-electron chi connectivity index (χ3n) is 3.53. The van der Waals surface area contributed by atoms with E-state index >= 15 is 0 Å². The third-order valence-corrected chi connectivity index (χ3v) is 7.24. The van der Waals surface area contributed by atoms with Crippen LogP contribution >= 0.6 is 11.3 Å². The number of likely N-dealkylation sites (N-methyl/N-ethyl adjacent to an activating group) is 1. The maximum atomic E-state index is 12.7. The minimum absolute atomic E-state index is 0.0321. The highest BCUT2D eigenvalue weighted by atomic mass is 32.2. The molecule has 1 aliphatic rings. The Morgan fingerprint density at radius 1 is 1.37 bits per heavy atom. The van der Waals surface area contributed by atoms with Crippen LogP contribution in [0.3, 0.4) is 0 Å². The van der Waals surface area contributed by atoms with Gasteiger partial charge in [0.15, 0.2) is 0 Å². The van der Waals surface area contributed by atoms with Crippen molar-refractivity contribution in [3.8, 4) is 0 Å². The highest BCUT2D eigenvalue weighted by Gasteiger charge is 2.32. The van der Waals surface area contributed by atoms with Crippen LogP contribution in [0.1, 0.15) is 25.1 Å². The van der Waals surface area contributed by atoms with Gasteiger partial charge >= 0.3 is 0 Å². The van der Waals surface area contributed by atoms with Crippen LogP contribution < -0.4 is 0 Å². The van der Waals surface area contributed by atoms with Gasteiger partial charge < -0.3 is 4.90 Å². The van der Waals surface area contributed by atoms with Gasteiger partial charge in [0.1, 0.15) is 4.21 Å². The fourth-order valence-electron chi connectivity index (χ4n) is 2.51. The molecule has 1 aromatic rings. The van der Waals surface area contributed by atoms with Crippen LogP contribution in [-0.2, 0) is 16.4 Å². The molecule has 2 rings (SSSR count). The summed E-state index contributed by atoms with van der Waals surface area (Å²) in [6.07, 6.45) is 1.78. The molecule has 0 N–H and O–H groups in total. The lowest BCUT2D eigenvalue weighted by Gasteiger charge is -2.26. The highest BCUT2D eigenvalue weighted by molar-refractivity contribution is 7.91. The molecule has 1 aromatic heterocycles. The number of aryl methyl sites for hydroxylation is 1. The van der Waals surface area contributed by atoms with Gasteiger partial charge in [-0.25, -0.2) is 8.42 Å². The second kappa shape index (κ2) is 5.91. The Morgan fingerprint density at radius 2 is 2.11 bits per heavy atom. The zero-order valence-electron chi connectivity index (χ0n) is 11.8. The summed E-state index contributed by atoms with van der Waals surface area (Å²) in [5, 5.41) is 0. The van der Waals surface area contributed by atoms with E-state index in [9.17, 15) is 8.42 Å². The molecule has 0 amide bonds. The summed E-state index contributed by atoms with van der Waals surface area (Å²) < 4.78 is 27.6. The summed E-state index contributed by atoms with van der Waals surface area (Å²) in [6.45, 7) is 6.42. The van der Waals surface area contributed by atoms with Crippen LogP contribution in [0.25, 0.3) is 0 Å². The van der Waals surface area contributed by atoms with Crippen molar-refractivity contribution in [2.45, 2.75) is 36.9 Å². The van der Waals surface area contributed by atoms with E-state index < -0.39 is 10.0 Å². The fraction of sp³-hybridized carbons (Fsp3) is 0.692. The van der Waals surface area contributed by atoms with Gasteiger partial charge in [0.2, 0.25) is 0 Å². The van der Waals surface area contributed by atoms with E-state index in [2.05, 4.69) is 4.90 Å². The molecule has 0 aromatic carbocycles. The summed E-state index contributed by atoms with van der Waals surface area (Å²) in [4.78, 5) is 3.32. The van der Waals surface area contributed by atoms with Gasteiger partial charge in [0, 0.05) is 24.0 Å². The van der Waals surface area contributed by atoms with E-state index in [0.717, 1.165) is 30.8 Å². The molecule has 108 valence electrons. The first kappa shape index (κ1) is 15.0. The molecular formula is C13H22N2O2S2. The van der Waals surface area contributed by atoms with Gasteiger partial charge in [0.25, 0.3) is 10.0 Å². The number of nitrogens with zero attached hydrogens (tertiary/aromatic N) is 2. The number of hydrogen-bond acceptors (Lipinski definition) is 4. The van der Waals surface area contributed by atoms with Crippen LogP contribution in [0, 0.1) is 0 Å². The average molecular weight is 302 g/mol. The summed E-state index contributed by atoms with van der Waals surface area (Å²) >= 11 is 1.40.